The number of nitrogens with zero attached hydrogens (tertiary/aromatic N) is 1. The molecule has 1 aromatic rings. The summed E-state index contributed by atoms with van der Waals surface area (Å²) in [6.45, 7) is 1.54. The summed E-state index contributed by atoms with van der Waals surface area (Å²) in [7, 11) is 0. The molecular formula is C12H16N2O3. The van der Waals surface area contributed by atoms with E-state index in [-0.39, 0.29) is 17.5 Å². The van der Waals surface area contributed by atoms with Crippen molar-refractivity contribution >= 4 is 0 Å². The summed E-state index contributed by atoms with van der Waals surface area (Å²) in [5.74, 6) is 1.01. The average Bonchev–Trinajstić information content (AvgIpc) is 2.88. The zero-order chi connectivity index (χ0) is 12.2. The van der Waals surface area contributed by atoms with Crippen molar-refractivity contribution in [1.29, 1.82) is 0 Å². The van der Waals surface area contributed by atoms with Crippen LogP contribution in [0.1, 0.15) is 37.3 Å². The lowest BCUT2D eigenvalue weighted by molar-refractivity contribution is 0.280. The van der Waals surface area contributed by atoms with Crippen LogP contribution in [0, 0.1) is 18.8 Å². The molecule has 0 aliphatic heterocycles. The maximum atomic E-state index is 11.8. The van der Waals surface area contributed by atoms with Crippen LogP contribution in [0.15, 0.2) is 9.59 Å². The highest BCUT2D eigenvalue weighted by Gasteiger charge is 2.41. The summed E-state index contributed by atoms with van der Waals surface area (Å²) in [4.78, 5) is 25.5. The molecule has 92 valence electrons. The summed E-state index contributed by atoms with van der Waals surface area (Å²) < 4.78 is 1.39. The van der Waals surface area contributed by atoms with E-state index in [2.05, 4.69) is 4.98 Å². The number of fused-ring (bicyclic) bond motifs is 2. The molecule has 2 fully saturated rings. The van der Waals surface area contributed by atoms with E-state index in [1.807, 2.05) is 0 Å². The van der Waals surface area contributed by atoms with E-state index >= 15 is 0 Å². The molecule has 1 aromatic heterocycles. The first-order valence-electron chi connectivity index (χ1n) is 6.12. The molecule has 1 heterocycles. The van der Waals surface area contributed by atoms with E-state index in [0.29, 0.717) is 11.8 Å². The molecule has 2 aliphatic carbocycles. The predicted octanol–water partition coefficient (Wildman–Crippen LogP) is 0.912. The molecule has 2 aliphatic rings. The number of H-pyrrole nitrogens is 1. The van der Waals surface area contributed by atoms with Crippen molar-refractivity contribution in [2.24, 2.45) is 11.8 Å². The third kappa shape index (κ3) is 1.45. The maximum Gasteiger partial charge on any atom is 0.331 e. The van der Waals surface area contributed by atoms with Crippen LogP contribution in [0.4, 0.5) is 0 Å². The molecule has 0 spiro atoms. The Hall–Kier alpha value is -1.52. The van der Waals surface area contributed by atoms with Crippen LogP contribution < -0.4 is 11.2 Å². The number of hydrogen-bond donors (Lipinski definition) is 2. The van der Waals surface area contributed by atoms with Gasteiger partial charge in [0.1, 0.15) is 0 Å². The second kappa shape index (κ2) is 3.48. The molecule has 0 saturated heterocycles. The van der Waals surface area contributed by atoms with Crippen LogP contribution in [0.25, 0.3) is 0 Å². The summed E-state index contributed by atoms with van der Waals surface area (Å²) in [6, 6.07) is 0.0665. The van der Waals surface area contributed by atoms with Crippen molar-refractivity contribution in [1.82, 2.24) is 9.55 Å². The molecule has 2 bridgehead atoms. The van der Waals surface area contributed by atoms with Gasteiger partial charge in [-0.1, -0.05) is 6.42 Å². The minimum Gasteiger partial charge on any atom is -0.494 e. The van der Waals surface area contributed by atoms with E-state index in [1.165, 1.54) is 17.9 Å². The second-order valence-electron chi connectivity index (χ2n) is 5.32. The summed E-state index contributed by atoms with van der Waals surface area (Å²) >= 11 is 0. The molecule has 17 heavy (non-hydrogen) atoms. The molecule has 3 atom stereocenters. The summed E-state index contributed by atoms with van der Waals surface area (Å²) in [6.07, 6.45) is 4.46. The molecular weight excluding hydrogens is 220 g/mol. The van der Waals surface area contributed by atoms with Crippen molar-refractivity contribution in [2.45, 2.75) is 38.6 Å². The Balaban J connectivity index is 2.13. The fourth-order valence-electron chi connectivity index (χ4n) is 3.46. The van der Waals surface area contributed by atoms with Gasteiger partial charge in [0.05, 0.1) is 5.56 Å². The van der Waals surface area contributed by atoms with E-state index in [4.69, 9.17) is 0 Å². The summed E-state index contributed by atoms with van der Waals surface area (Å²) in [5, 5.41) is 9.99. The highest BCUT2D eigenvalue weighted by atomic mass is 16.3. The minimum atomic E-state index is -0.494. The van der Waals surface area contributed by atoms with Gasteiger partial charge in [-0.25, -0.2) is 4.79 Å². The molecule has 5 nitrogen and oxygen atoms in total. The second-order valence-corrected chi connectivity index (χ2v) is 5.32. The van der Waals surface area contributed by atoms with Gasteiger partial charge in [0, 0.05) is 6.04 Å². The van der Waals surface area contributed by atoms with E-state index in [9.17, 15) is 14.7 Å². The van der Waals surface area contributed by atoms with Gasteiger partial charge in [0.25, 0.3) is 5.56 Å². The van der Waals surface area contributed by atoms with Crippen LogP contribution in [-0.2, 0) is 0 Å². The molecule has 0 aromatic carbocycles. The highest BCUT2D eigenvalue weighted by Crippen LogP contribution is 2.50. The Bertz CT molecular complexity index is 572. The summed E-state index contributed by atoms with van der Waals surface area (Å²) in [5.41, 5.74) is -0.741. The molecule has 0 radical (unpaired) electrons. The number of nitrogens with one attached hydrogen (secondary N) is 1. The highest BCUT2D eigenvalue weighted by molar-refractivity contribution is 5.22. The lowest BCUT2D eigenvalue weighted by Gasteiger charge is -2.24. The predicted molar refractivity (Wildman–Crippen MR) is 62.2 cm³/mol. The Kier molecular flexibility index (Phi) is 2.18. The molecule has 3 rings (SSSR count). The number of aromatic hydroxyl groups is 1. The Morgan fingerprint density at radius 2 is 2.06 bits per heavy atom. The van der Waals surface area contributed by atoms with Gasteiger partial charge in [0.15, 0.2) is 0 Å². The third-order valence-corrected chi connectivity index (χ3v) is 4.38. The van der Waals surface area contributed by atoms with Gasteiger partial charge in [0.2, 0.25) is 5.88 Å². The van der Waals surface area contributed by atoms with E-state index in [0.717, 1.165) is 19.3 Å². The van der Waals surface area contributed by atoms with Gasteiger partial charge < -0.3 is 5.11 Å². The monoisotopic (exact) mass is 236 g/mol. The Morgan fingerprint density at radius 1 is 1.29 bits per heavy atom. The first-order valence-corrected chi connectivity index (χ1v) is 6.12. The number of aromatic nitrogens is 2. The number of hydrogen-bond acceptors (Lipinski definition) is 3. The van der Waals surface area contributed by atoms with Gasteiger partial charge in [-0.2, -0.15) is 0 Å². The van der Waals surface area contributed by atoms with Gasteiger partial charge in [-0.3, -0.25) is 14.3 Å². The number of aromatic amines is 1. The van der Waals surface area contributed by atoms with E-state index in [1.54, 1.807) is 0 Å². The average molecular weight is 236 g/mol. The third-order valence-electron chi connectivity index (χ3n) is 4.38. The van der Waals surface area contributed by atoms with E-state index < -0.39 is 11.2 Å². The van der Waals surface area contributed by atoms with Gasteiger partial charge >= 0.3 is 5.69 Å². The quantitative estimate of drug-likeness (QED) is 0.761. The van der Waals surface area contributed by atoms with Crippen LogP contribution in [0.5, 0.6) is 5.88 Å². The molecule has 5 heteroatoms. The van der Waals surface area contributed by atoms with Crippen molar-refractivity contribution in [2.75, 3.05) is 0 Å². The molecule has 0 amide bonds. The van der Waals surface area contributed by atoms with Crippen molar-refractivity contribution in [3.63, 3.8) is 0 Å². The lowest BCUT2D eigenvalue weighted by atomic mass is 9.95. The van der Waals surface area contributed by atoms with Crippen LogP contribution in [0.2, 0.25) is 0 Å². The Morgan fingerprint density at radius 3 is 2.65 bits per heavy atom. The van der Waals surface area contributed by atoms with Gasteiger partial charge in [-0.15, -0.1) is 0 Å². The number of rotatable bonds is 1. The maximum absolute atomic E-state index is 11.8. The minimum absolute atomic E-state index is 0.0665. The lowest BCUT2D eigenvalue weighted by Crippen LogP contribution is -2.35. The molecule has 2 saturated carbocycles. The largest absolute Gasteiger partial charge is 0.494 e. The Labute approximate surface area is 98.1 Å². The van der Waals surface area contributed by atoms with Crippen LogP contribution in [-0.4, -0.2) is 14.7 Å². The zero-order valence-corrected chi connectivity index (χ0v) is 9.77. The van der Waals surface area contributed by atoms with Crippen LogP contribution >= 0.6 is 0 Å². The van der Waals surface area contributed by atoms with Crippen molar-refractivity contribution in [3.8, 4) is 5.88 Å². The first kappa shape index (κ1) is 10.6. The standard InChI is InChI=1S/C12H16N2O3/c1-6-10(15)13-12(17)14(11(6)16)9-5-7-2-3-8(9)4-7/h7-9,16H,2-5H2,1H3,(H,13,15,17). The first-order chi connectivity index (χ1) is 8.08. The smallest absolute Gasteiger partial charge is 0.331 e. The van der Waals surface area contributed by atoms with Crippen molar-refractivity contribution < 1.29 is 5.11 Å². The molecule has 3 unspecified atom stereocenters. The van der Waals surface area contributed by atoms with Crippen LogP contribution in [0.3, 0.4) is 0 Å². The fourth-order valence-corrected chi connectivity index (χ4v) is 3.46. The van der Waals surface area contributed by atoms with Gasteiger partial charge in [-0.05, 0) is 38.0 Å². The normalized spacial score (nSPS) is 31.0. The zero-order valence-electron chi connectivity index (χ0n) is 9.77. The van der Waals surface area contributed by atoms with Crippen molar-refractivity contribution in [3.05, 3.63) is 26.4 Å². The molecule has 2 N–H and O–H groups in total. The fraction of sp³-hybridized carbons (Fsp3) is 0.667. The topological polar surface area (TPSA) is 75.1 Å². The SMILES string of the molecule is Cc1c(O)n(C2CC3CCC2C3)c(=O)[nH]c1=O.